The Morgan fingerprint density at radius 3 is 1.48 bits per heavy atom. The van der Waals surface area contributed by atoms with Crippen molar-refractivity contribution in [1.82, 2.24) is 0 Å². The standard InChI is InChI=1S/C29H34B2F5NO7/c1-24(2)25(3,4)42-30(41-24)20-10-16(23(39)40-22(38)15-37)9-17(12-20)28(32,33)18-11-19(29(34,35)36)14-21(13-18)31-43-26(5,6)27(7,8)44-31/h9-14H,15,37H2,1-8H3. The van der Waals surface area contributed by atoms with Gasteiger partial charge in [-0.05, 0) is 84.5 Å². The molecule has 0 atom stereocenters. The summed E-state index contributed by atoms with van der Waals surface area (Å²) < 4.78 is 103. The fourth-order valence-electron chi connectivity index (χ4n) is 4.55. The van der Waals surface area contributed by atoms with Gasteiger partial charge in [0.1, 0.15) is 0 Å². The SMILES string of the molecule is CC1(C)OB(c2cc(C(=O)OC(=O)CN)cc(C(F)(F)c3cc(B4OC(C)(C)C(C)(C)O4)cc(C(F)(F)F)c3)c2)OC1(C)C. The molecule has 0 aliphatic carbocycles. The van der Waals surface area contributed by atoms with Gasteiger partial charge in [0.05, 0.1) is 40.1 Å². The normalized spacial score (nSPS) is 20.6. The molecule has 4 rings (SSSR count). The molecule has 238 valence electrons. The van der Waals surface area contributed by atoms with Crippen LogP contribution in [0.5, 0.6) is 0 Å². The highest BCUT2D eigenvalue weighted by Crippen LogP contribution is 2.42. The first kappa shape index (κ1) is 34.0. The molecule has 2 N–H and O–H groups in total. The summed E-state index contributed by atoms with van der Waals surface area (Å²) >= 11 is 0. The molecule has 2 fully saturated rings. The summed E-state index contributed by atoms with van der Waals surface area (Å²) in [5.41, 5.74) is -2.59. The van der Waals surface area contributed by atoms with Crippen LogP contribution in [0, 0.1) is 0 Å². The third-order valence-corrected chi connectivity index (χ3v) is 8.62. The first-order valence-corrected chi connectivity index (χ1v) is 13.8. The Labute approximate surface area is 253 Å². The third-order valence-electron chi connectivity index (χ3n) is 8.62. The van der Waals surface area contributed by atoms with Gasteiger partial charge in [0.15, 0.2) is 0 Å². The van der Waals surface area contributed by atoms with Crippen molar-refractivity contribution < 1.29 is 54.9 Å². The number of esters is 2. The van der Waals surface area contributed by atoms with Crippen LogP contribution in [0.25, 0.3) is 0 Å². The Kier molecular flexibility index (Phi) is 8.43. The van der Waals surface area contributed by atoms with Crippen LogP contribution in [-0.4, -0.2) is 55.1 Å². The first-order chi connectivity index (χ1) is 19.9. The number of nitrogens with two attached hydrogens (primary N) is 1. The van der Waals surface area contributed by atoms with Crippen LogP contribution in [0.1, 0.15) is 82.4 Å². The molecular weight excluding hydrogens is 591 g/mol. The lowest BCUT2D eigenvalue weighted by molar-refractivity contribution is -0.138. The summed E-state index contributed by atoms with van der Waals surface area (Å²) in [7, 11) is -2.62. The maximum atomic E-state index is 16.4. The molecule has 0 unspecified atom stereocenters. The molecule has 0 aromatic heterocycles. The fraction of sp³-hybridized carbons (Fsp3) is 0.517. The summed E-state index contributed by atoms with van der Waals surface area (Å²) in [6, 6.07) is 4.74. The fourth-order valence-corrected chi connectivity index (χ4v) is 4.55. The van der Waals surface area contributed by atoms with E-state index in [-0.39, 0.29) is 10.9 Å². The molecule has 0 spiro atoms. The zero-order valence-electron chi connectivity index (χ0n) is 25.7. The Morgan fingerprint density at radius 2 is 1.07 bits per heavy atom. The number of ether oxygens (including phenoxy) is 1. The van der Waals surface area contributed by atoms with Crippen molar-refractivity contribution >= 4 is 37.1 Å². The largest absolute Gasteiger partial charge is 0.494 e. The Morgan fingerprint density at radius 1 is 0.682 bits per heavy atom. The van der Waals surface area contributed by atoms with E-state index in [1.807, 2.05) is 0 Å². The average Bonchev–Trinajstić information content (AvgIpc) is 3.26. The van der Waals surface area contributed by atoms with Gasteiger partial charge >= 0.3 is 32.4 Å². The molecule has 2 aliphatic heterocycles. The van der Waals surface area contributed by atoms with E-state index in [1.54, 1.807) is 55.4 Å². The minimum Gasteiger partial charge on any atom is -0.399 e. The molecule has 15 heteroatoms. The summed E-state index contributed by atoms with van der Waals surface area (Å²) in [5.74, 6) is -6.53. The Bertz CT molecular complexity index is 1440. The van der Waals surface area contributed by atoms with Gasteiger partial charge in [-0.3, -0.25) is 4.79 Å². The molecule has 0 saturated carbocycles. The quantitative estimate of drug-likeness (QED) is 0.222. The van der Waals surface area contributed by atoms with Gasteiger partial charge in [-0.2, -0.15) is 22.0 Å². The zero-order chi connectivity index (χ0) is 33.3. The topological polar surface area (TPSA) is 106 Å². The van der Waals surface area contributed by atoms with Gasteiger partial charge < -0.3 is 29.1 Å². The van der Waals surface area contributed by atoms with Crippen molar-refractivity contribution in [2.75, 3.05) is 6.54 Å². The minimum atomic E-state index is -4.99. The van der Waals surface area contributed by atoms with E-state index in [9.17, 15) is 22.8 Å². The zero-order valence-corrected chi connectivity index (χ0v) is 25.7. The molecule has 2 heterocycles. The van der Waals surface area contributed by atoms with Crippen LogP contribution in [0.2, 0.25) is 0 Å². The van der Waals surface area contributed by atoms with Crippen molar-refractivity contribution in [1.29, 1.82) is 0 Å². The lowest BCUT2D eigenvalue weighted by atomic mass is 9.75. The van der Waals surface area contributed by atoms with Crippen molar-refractivity contribution in [2.24, 2.45) is 5.73 Å². The Balaban J connectivity index is 1.87. The molecule has 0 bridgehead atoms. The van der Waals surface area contributed by atoms with E-state index in [1.165, 1.54) is 0 Å². The second-order valence-corrected chi connectivity index (χ2v) is 12.9. The summed E-state index contributed by atoms with van der Waals surface area (Å²) in [6.07, 6.45) is -4.99. The maximum absolute atomic E-state index is 16.4. The van der Waals surface area contributed by atoms with Crippen LogP contribution in [0.3, 0.4) is 0 Å². The second kappa shape index (κ2) is 10.9. The van der Waals surface area contributed by atoms with Crippen LogP contribution in [0.15, 0.2) is 36.4 Å². The highest BCUT2D eigenvalue weighted by atomic mass is 19.4. The second-order valence-electron chi connectivity index (χ2n) is 12.9. The number of hydrogen-bond donors (Lipinski definition) is 1. The molecule has 2 aromatic carbocycles. The lowest BCUT2D eigenvalue weighted by Crippen LogP contribution is -2.41. The molecular formula is C29H34B2F5NO7. The molecule has 2 saturated heterocycles. The number of halogens is 5. The Hall–Kier alpha value is -2.84. The smallest absolute Gasteiger partial charge is 0.399 e. The maximum Gasteiger partial charge on any atom is 0.494 e. The highest BCUT2D eigenvalue weighted by molar-refractivity contribution is 6.62. The van der Waals surface area contributed by atoms with E-state index in [4.69, 9.17) is 24.4 Å². The molecule has 2 aliphatic rings. The highest BCUT2D eigenvalue weighted by Gasteiger charge is 2.54. The number of carbonyl (C=O) groups excluding carboxylic acids is 2. The number of benzene rings is 2. The molecule has 2 aromatic rings. The first-order valence-electron chi connectivity index (χ1n) is 13.8. The van der Waals surface area contributed by atoms with E-state index in [2.05, 4.69) is 4.74 Å². The van der Waals surface area contributed by atoms with E-state index in [0.29, 0.717) is 12.1 Å². The van der Waals surface area contributed by atoms with Crippen LogP contribution in [-0.2, 0) is 40.2 Å². The molecule has 8 nitrogen and oxygen atoms in total. The van der Waals surface area contributed by atoms with Gasteiger partial charge in [0.25, 0.3) is 5.92 Å². The van der Waals surface area contributed by atoms with E-state index >= 15 is 8.78 Å². The van der Waals surface area contributed by atoms with Gasteiger partial charge in [-0.1, -0.05) is 18.2 Å². The van der Waals surface area contributed by atoms with Gasteiger partial charge in [0, 0.05) is 11.1 Å². The van der Waals surface area contributed by atoms with E-state index in [0.717, 1.165) is 24.3 Å². The van der Waals surface area contributed by atoms with Gasteiger partial charge in [0.2, 0.25) is 0 Å². The number of rotatable bonds is 6. The average molecular weight is 625 g/mol. The van der Waals surface area contributed by atoms with Crippen molar-refractivity contribution in [3.63, 3.8) is 0 Å². The molecule has 0 amide bonds. The van der Waals surface area contributed by atoms with Crippen molar-refractivity contribution in [2.45, 2.75) is 89.9 Å². The summed E-state index contributed by atoms with van der Waals surface area (Å²) in [6.45, 7) is 12.9. The monoisotopic (exact) mass is 625 g/mol. The number of alkyl halides is 5. The van der Waals surface area contributed by atoms with Gasteiger partial charge in [-0.25, -0.2) is 4.79 Å². The van der Waals surface area contributed by atoms with Crippen LogP contribution in [0.4, 0.5) is 22.0 Å². The number of hydrogen-bond acceptors (Lipinski definition) is 8. The van der Waals surface area contributed by atoms with Crippen molar-refractivity contribution in [3.8, 4) is 0 Å². The lowest BCUT2D eigenvalue weighted by Gasteiger charge is -2.32. The van der Waals surface area contributed by atoms with Gasteiger partial charge in [-0.15, -0.1) is 0 Å². The van der Waals surface area contributed by atoms with Crippen LogP contribution < -0.4 is 16.7 Å². The van der Waals surface area contributed by atoms with Crippen molar-refractivity contribution in [3.05, 3.63) is 58.7 Å². The molecule has 0 radical (unpaired) electrons. The minimum absolute atomic E-state index is 0.0499. The van der Waals surface area contributed by atoms with Crippen LogP contribution >= 0.6 is 0 Å². The molecule has 44 heavy (non-hydrogen) atoms. The third kappa shape index (κ3) is 6.30. The summed E-state index contributed by atoms with van der Waals surface area (Å²) in [5, 5.41) is 0. The number of carbonyl (C=O) groups is 2. The predicted octanol–water partition coefficient (Wildman–Crippen LogP) is 4.09. The summed E-state index contributed by atoms with van der Waals surface area (Å²) in [4.78, 5) is 24.5. The van der Waals surface area contributed by atoms with E-state index < -0.39 is 89.5 Å². The predicted molar refractivity (Wildman–Crippen MR) is 152 cm³/mol.